The number of thiophene rings is 1. The van der Waals surface area contributed by atoms with Gasteiger partial charge in [-0.3, -0.25) is 4.79 Å². The summed E-state index contributed by atoms with van der Waals surface area (Å²) < 4.78 is 5.44. The van der Waals surface area contributed by atoms with Crippen molar-refractivity contribution < 1.29 is 9.53 Å². The lowest BCUT2D eigenvalue weighted by Gasteiger charge is -2.17. The third-order valence-electron chi connectivity index (χ3n) is 4.04. The molecule has 3 rings (SSSR count). The summed E-state index contributed by atoms with van der Waals surface area (Å²) in [6.45, 7) is 2.09. The summed E-state index contributed by atoms with van der Waals surface area (Å²) in [4.78, 5) is 13.4. The van der Waals surface area contributed by atoms with Crippen LogP contribution in [0, 0.1) is 17.2 Å². The van der Waals surface area contributed by atoms with Crippen LogP contribution in [0.15, 0.2) is 24.3 Å². The number of nitriles is 1. The highest BCUT2D eigenvalue weighted by molar-refractivity contribution is 7.16. The number of carbonyl (C=O) groups excluding carboxylic acids is 1. The van der Waals surface area contributed by atoms with E-state index in [1.54, 1.807) is 24.3 Å². The average molecular weight is 361 g/mol. The zero-order valence-corrected chi connectivity index (χ0v) is 14.8. The van der Waals surface area contributed by atoms with Crippen molar-refractivity contribution in [3.05, 3.63) is 45.3 Å². The van der Waals surface area contributed by atoms with Crippen LogP contribution in [0.4, 0.5) is 5.00 Å². The second kappa shape index (κ2) is 7.25. The van der Waals surface area contributed by atoms with Crippen LogP contribution < -0.4 is 10.1 Å². The normalized spacial score (nSPS) is 16.1. The number of nitrogens with zero attached hydrogens (tertiary/aromatic N) is 1. The summed E-state index contributed by atoms with van der Waals surface area (Å²) >= 11 is 7.40. The van der Waals surface area contributed by atoms with Gasteiger partial charge in [0.05, 0.1) is 5.56 Å². The van der Waals surface area contributed by atoms with Gasteiger partial charge in [0.15, 0.2) is 6.61 Å². The van der Waals surface area contributed by atoms with Gasteiger partial charge < -0.3 is 10.1 Å². The van der Waals surface area contributed by atoms with E-state index >= 15 is 0 Å². The van der Waals surface area contributed by atoms with Crippen LogP contribution in [-0.4, -0.2) is 12.5 Å². The van der Waals surface area contributed by atoms with E-state index in [1.165, 1.54) is 16.2 Å². The SMILES string of the molecule is CC1CCc2c(sc(NC(=O)COc3cccc(Cl)c3)c2C#N)C1. The van der Waals surface area contributed by atoms with Crippen molar-refractivity contribution in [3.8, 4) is 11.8 Å². The Morgan fingerprint density at radius 2 is 2.38 bits per heavy atom. The van der Waals surface area contributed by atoms with Gasteiger partial charge in [-0.05, 0) is 48.9 Å². The van der Waals surface area contributed by atoms with Gasteiger partial charge in [0, 0.05) is 9.90 Å². The van der Waals surface area contributed by atoms with E-state index in [1.807, 2.05) is 0 Å². The summed E-state index contributed by atoms with van der Waals surface area (Å²) in [5, 5.41) is 13.4. The van der Waals surface area contributed by atoms with E-state index in [0.29, 0.717) is 27.3 Å². The lowest BCUT2D eigenvalue weighted by atomic mass is 9.89. The topological polar surface area (TPSA) is 62.1 Å². The first kappa shape index (κ1) is 16.8. The van der Waals surface area contributed by atoms with Crippen LogP contribution in [0.5, 0.6) is 5.75 Å². The van der Waals surface area contributed by atoms with Gasteiger partial charge in [0.25, 0.3) is 5.91 Å². The molecule has 1 N–H and O–H groups in total. The van der Waals surface area contributed by atoms with Gasteiger partial charge >= 0.3 is 0 Å². The molecule has 24 heavy (non-hydrogen) atoms. The fraction of sp³-hybridized carbons (Fsp3) is 0.333. The number of anilines is 1. The number of nitrogens with one attached hydrogen (secondary N) is 1. The number of hydrogen-bond donors (Lipinski definition) is 1. The fourth-order valence-corrected chi connectivity index (χ4v) is 4.38. The molecule has 1 aromatic heterocycles. The molecular weight excluding hydrogens is 344 g/mol. The highest BCUT2D eigenvalue weighted by Gasteiger charge is 2.24. The van der Waals surface area contributed by atoms with Crippen LogP contribution in [-0.2, 0) is 17.6 Å². The fourth-order valence-electron chi connectivity index (χ4n) is 2.83. The Morgan fingerprint density at radius 1 is 1.54 bits per heavy atom. The van der Waals surface area contributed by atoms with E-state index < -0.39 is 0 Å². The maximum absolute atomic E-state index is 12.1. The Balaban J connectivity index is 1.67. The van der Waals surface area contributed by atoms with E-state index in [4.69, 9.17) is 16.3 Å². The van der Waals surface area contributed by atoms with Crippen LogP contribution in [0.2, 0.25) is 5.02 Å². The Kier molecular flexibility index (Phi) is 5.08. The van der Waals surface area contributed by atoms with Gasteiger partial charge in [0.2, 0.25) is 0 Å². The lowest BCUT2D eigenvalue weighted by Crippen LogP contribution is -2.20. The summed E-state index contributed by atoms with van der Waals surface area (Å²) in [5.41, 5.74) is 1.71. The largest absolute Gasteiger partial charge is 0.484 e. The van der Waals surface area contributed by atoms with Gasteiger partial charge in [0.1, 0.15) is 16.8 Å². The Labute approximate surface area is 150 Å². The van der Waals surface area contributed by atoms with Crippen molar-refractivity contribution in [2.24, 2.45) is 5.92 Å². The number of benzene rings is 1. The number of hydrogen-bond acceptors (Lipinski definition) is 4. The first-order valence-electron chi connectivity index (χ1n) is 7.79. The molecule has 0 aliphatic heterocycles. The first-order valence-corrected chi connectivity index (χ1v) is 8.99. The van der Waals surface area contributed by atoms with Gasteiger partial charge in [-0.15, -0.1) is 11.3 Å². The Hall–Kier alpha value is -2.03. The molecule has 1 unspecified atom stereocenters. The molecule has 1 atom stereocenters. The quantitative estimate of drug-likeness (QED) is 0.878. The maximum atomic E-state index is 12.1. The van der Waals surface area contributed by atoms with Crippen molar-refractivity contribution in [3.63, 3.8) is 0 Å². The molecule has 0 saturated carbocycles. The number of amides is 1. The molecule has 4 nitrogen and oxygen atoms in total. The summed E-state index contributed by atoms with van der Waals surface area (Å²) in [5.74, 6) is 0.882. The maximum Gasteiger partial charge on any atom is 0.262 e. The number of ether oxygens (including phenoxy) is 1. The standard InChI is InChI=1S/C18H17ClN2O2S/c1-11-5-6-14-15(9-20)18(24-16(14)7-11)21-17(22)10-23-13-4-2-3-12(19)8-13/h2-4,8,11H,5-7,10H2,1H3,(H,21,22). The van der Waals surface area contributed by atoms with Gasteiger partial charge in [-0.1, -0.05) is 24.6 Å². The van der Waals surface area contributed by atoms with E-state index in [9.17, 15) is 10.1 Å². The third-order valence-corrected chi connectivity index (χ3v) is 5.45. The Bertz CT molecular complexity index is 810. The third kappa shape index (κ3) is 3.72. The van der Waals surface area contributed by atoms with Crippen molar-refractivity contribution in [2.45, 2.75) is 26.2 Å². The predicted molar refractivity (Wildman–Crippen MR) is 95.8 cm³/mol. The van der Waals surface area contributed by atoms with Crippen LogP contribution in [0.3, 0.4) is 0 Å². The smallest absolute Gasteiger partial charge is 0.262 e. The van der Waals surface area contributed by atoms with Crippen molar-refractivity contribution in [2.75, 3.05) is 11.9 Å². The first-order chi connectivity index (χ1) is 11.6. The van der Waals surface area contributed by atoms with Crippen LogP contribution in [0.1, 0.15) is 29.3 Å². The van der Waals surface area contributed by atoms with Gasteiger partial charge in [-0.2, -0.15) is 5.26 Å². The molecule has 0 saturated heterocycles. The van der Waals surface area contributed by atoms with E-state index in [2.05, 4.69) is 18.3 Å². The van der Waals surface area contributed by atoms with Crippen molar-refractivity contribution in [1.29, 1.82) is 5.26 Å². The molecule has 0 radical (unpaired) electrons. The molecule has 124 valence electrons. The number of carbonyl (C=O) groups is 1. The molecule has 0 spiro atoms. The number of fused-ring (bicyclic) bond motifs is 1. The van der Waals surface area contributed by atoms with Crippen LogP contribution in [0.25, 0.3) is 0 Å². The highest BCUT2D eigenvalue weighted by atomic mass is 35.5. The number of halogens is 1. The lowest BCUT2D eigenvalue weighted by molar-refractivity contribution is -0.118. The van der Waals surface area contributed by atoms with Crippen molar-refractivity contribution in [1.82, 2.24) is 0 Å². The molecular formula is C18H17ClN2O2S. The highest BCUT2D eigenvalue weighted by Crippen LogP contribution is 2.39. The van der Waals surface area contributed by atoms with Gasteiger partial charge in [-0.25, -0.2) is 0 Å². The molecule has 1 aliphatic rings. The molecule has 1 aromatic carbocycles. The average Bonchev–Trinajstić information content (AvgIpc) is 2.89. The summed E-state index contributed by atoms with van der Waals surface area (Å²) in [7, 11) is 0. The minimum atomic E-state index is -0.280. The van der Waals surface area contributed by atoms with Crippen LogP contribution >= 0.6 is 22.9 Å². The molecule has 1 amide bonds. The second-order valence-electron chi connectivity index (χ2n) is 5.96. The van der Waals surface area contributed by atoms with E-state index in [0.717, 1.165) is 24.8 Å². The zero-order chi connectivity index (χ0) is 17.1. The summed E-state index contributed by atoms with van der Waals surface area (Å²) in [6.07, 6.45) is 2.97. The Morgan fingerprint density at radius 3 is 3.12 bits per heavy atom. The second-order valence-corrected chi connectivity index (χ2v) is 7.50. The molecule has 1 aliphatic carbocycles. The predicted octanol–water partition coefficient (Wildman–Crippen LogP) is 4.42. The molecule has 6 heteroatoms. The zero-order valence-electron chi connectivity index (χ0n) is 13.3. The van der Waals surface area contributed by atoms with E-state index in [-0.39, 0.29) is 12.5 Å². The molecule has 1 heterocycles. The number of rotatable bonds is 4. The summed E-state index contributed by atoms with van der Waals surface area (Å²) in [6, 6.07) is 9.14. The van der Waals surface area contributed by atoms with Crippen molar-refractivity contribution >= 4 is 33.8 Å². The minimum Gasteiger partial charge on any atom is -0.484 e. The monoisotopic (exact) mass is 360 g/mol. The molecule has 0 fully saturated rings. The molecule has 2 aromatic rings. The minimum absolute atomic E-state index is 0.121. The molecule has 0 bridgehead atoms.